The van der Waals surface area contributed by atoms with Crippen LogP contribution in [0, 0.1) is 0 Å². The number of nitrogens with zero attached hydrogens (tertiary/aromatic N) is 3. The van der Waals surface area contributed by atoms with Crippen LogP contribution in [0.1, 0.15) is 5.82 Å². The van der Waals surface area contributed by atoms with E-state index in [0.29, 0.717) is 5.56 Å². The van der Waals surface area contributed by atoms with E-state index in [-0.39, 0.29) is 18.3 Å². The first kappa shape index (κ1) is 14.5. The van der Waals surface area contributed by atoms with Crippen LogP contribution >= 0.6 is 0 Å². The highest BCUT2D eigenvalue weighted by Crippen LogP contribution is 2.21. The van der Waals surface area contributed by atoms with Crippen LogP contribution in [-0.4, -0.2) is 46.0 Å². The van der Waals surface area contributed by atoms with Crippen molar-refractivity contribution in [2.24, 2.45) is 0 Å². The average molecular weight is 291 g/mol. The van der Waals surface area contributed by atoms with E-state index < -0.39 is 18.8 Å². The lowest BCUT2D eigenvalue weighted by Crippen LogP contribution is -2.39. The SMILES string of the molecule is CN(Cc1noc(-c2ccoc2)n1)CC(O)C(F)(F)F. The minimum absolute atomic E-state index is 0.0223. The number of aromatic nitrogens is 2. The average Bonchev–Trinajstić information content (AvgIpc) is 2.96. The van der Waals surface area contributed by atoms with Gasteiger partial charge in [-0.3, -0.25) is 4.90 Å². The van der Waals surface area contributed by atoms with Crippen molar-refractivity contribution in [2.75, 3.05) is 13.6 Å². The third kappa shape index (κ3) is 3.58. The molecule has 6 nitrogen and oxygen atoms in total. The Bertz CT molecular complexity index is 539. The van der Waals surface area contributed by atoms with Gasteiger partial charge in [-0.25, -0.2) is 0 Å². The molecule has 0 bridgehead atoms. The lowest BCUT2D eigenvalue weighted by atomic mass is 10.3. The van der Waals surface area contributed by atoms with Gasteiger partial charge in [-0.2, -0.15) is 18.2 Å². The first-order valence-corrected chi connectivity index (χ1v) is 5.64. The van der Waals surface area contributed by atoms with Crippen LogP contribution in [0.2, 0.25) is 0 Å². The van der Waals surface area contributed by atoms with E-state index in [0.717, 1.165) is 0 Å². The molecule has 1 atom stereocenters. The number of alkyl halides is 3. The van der Waals surface area contributed by atoms with Gasteiger partial charge in [-0.1, -0.05) is 5.16 Å². The van der Waals surface area contributed by atoms with Crippen LogP contribution in [-0.2, 0) is 6.54 Å². The van der Waals surface area contributed by atoms with Crippen molar-refractivity contribution in [2.45, 2.75) is 18.8 Å². The summed E-state index contributed by atoms with van der Waals surface area (Å²) >= 11 is 0. The lowest BCUT2D eigenvalue weighted by molar-refractivity contribution is -0.207. The first-order chi connectivity index (χ1) is 9.36. The number of halogens is 3. The smallest absolute Gasteiger partial charge is 0.415 e. The second-order valence-electron chi connectivity index (χ2n) is 4.28. The highest BCUT2D eigenvalue weighted by Gasteiger charge is 2.38. The fraction of sp³-hybridized carbons (Fsp3) is 0.455. The number of hydrogen-bond acceptors (Lipinski definition) is 6. The minimum Gasteiger partial charge on any atom is -0.472 e. The molecule has 1 N–H and O–H groups in total. The Morgan fingerprint density at radius 3 is 2.80 bits per heavy atom. The van der Waals surface area contributed by atoms with E-state index in [2.05, 4.69) is 10.1 Å². The maximum Gasteiger partial charge on any atom is 0.415 e. The molecule has 1 unspecified atom stereocenters. The van der Waals surface area contributed by atoms with Gasteiger partial charge in [0.2, 0.25) is 0 Å². The molecule has 0 spiro atoms. The number of furan rings is 1. The van der Waals surface area contributed by atoms with Crippen molar-refractivity contribution in [1.82, 2.24) is 15.0 Å². The second-order valence-corrected chi connectivity index (χ2v) is 4.28. The van der Waals surface area contributed by atoms with Gasteiger partial charge >= 0.3 is 6.18 Å². The van der Waals surface area contributed by atoms with Crippen LogP contribution in [0.3, 0.4) is 0 Å². The molecule has 0 aliphatic rings. The van der Waals surface area contributed by atoms with Gasteiger partial charge in [0, 0.05) is 6.54 Å². The van der Waals surface area contributed by atoms with Crippen LogP contribution in [0.4, 0.5) is 13.2 Å². The molecule has 9 heteroatoms. The summed E-state index contributed by atoms with van der Waals surface area (Å²) in [6.45, 7) is -0.548. The van der Waals surface area contributed by atoms with Crippen LogP contribution < -0.4 is 0 Å². The molecule has 0 saturated carbocycles. The lowest BCUT2D eigenvalue weighted by Gasteiger charge is -2.20. The Kier molecular flexibility index (Phi) is 4.09. The molecule has 0 radical (unpaired) electrons. The quantitative estimate of drug-likeness (QED) is 0.903. The summed E-state index contributed by atoms with van der Waals surface area (Å²) in [6.07, 6.45) is -4.21. The number of hydrogen-bond donors (Lipinski definition) is 1. The molecule has 0 amide bonds. The second kappa shape index (κ2) is 5.63. The summed E-state index contributed by atoms with van der Waals surface area (Å²) in [6, 6.07) is 1.62. The molecule has 2 aromatic rings. The summed E-state index contributed by atoms with van der Waals surface area (Å²) in [5.74, 6) is 0.441. The predicted octanol–water partition coefficient (Wildman–Crippen LogP) is 1.68. The van der Waals surface area contributed by atoms with Gasteiger partial charge in [0.05, 0.1) is 18.4 Å². The molecule has 0 saturated heterocycles. The molecule has 0 aliphatic heterocycles. The molecule has 110 valence electrons. The van der Waals surface area contributed by atoms with Crippen molar-refractivity contribution in [3.63, 3.8) is 0 Å². The molecular formula is C11H12F3N3O3. The van der Waals surface area contributed by atoms with Gasteiger partial charge in [-0.15, -0.1) is 0 Å². The summed E-state index contributed by atoms with van der Waals surface area (Å²) in [5, 5.41) is 12.6. The van der Waals surface area contributed by atoms with E-state index in [1.165, 1.54) is 24.5 Å². The van der Waals surface area contributed by atoms with Crippen molar-refractivity contribution >= 4 is 0 Å². The van der Waals surface area contributed by atoms with Gasteiger partial charge < -0.3 is 14.0 Å². The number of likely N-dealkylation sites (N-methyl/N-ethyl adjacent to an activating group) is 1. The highest BCUT2D eigenvalue weighted by molar-refractivity contribution is 5.49. The van der Waals surface area contributed by atoms with E-state index in [1.807, 2.05) is 0 Å². The topological polar surface area (TPSA) is 75.5 Å². The Labute approximate surface area is 111 Å². The summed E-state index contributed by atoms with van der Waals surface area (Å²) < 4.78 is 46.4. The van der Waals surface area contributed by atoms with Gasteiger partial charge in [-0.05, 0) is 13.1 Å². The summed E-state index contributed by atoms with van der Waals surface area (Å²) in [7, 11) is 1.42. The zero-order valence-corrected chi connectivity index (χ0v) is 10.5. The maximum absolute atomic E-state index is 12.2. The molecule has 0 aliphatic carbocycles. The highest BCUT2D eigenvalue weighted by atomic mass is 19.4. The van der Waals surface area contributed by atoms with Crippen molar-refractivity contribution < 1.29 is 27.2 Å². The Hall–Kier alpha value is -1.87. The molecular weight excluding hydrogens is 279 g/mol. The molecule has 0 aromatic carbocycles. The van der Waals surface area contributed by atoms with Crippen molar-refractivity contribution in [1.29, 1.82) is 0 Å². The third-order valence-corrected chi connectivity index (χ3v) is 2.51. The summed E-state index contributed by atoms with van der Waals surface area (Å²) in [4.78, 5) is 5.27. The Morgan fingerprint density at radius 2 is 2.20 bits per heavy atom. The number of aliphatic hydroxyl groups is 1. The normalized spacial score (nSPS) is 13.9. The third-order valence-electron chi connectivity index (χ3n) is 2.51. The predicted molar refractivity (Wildman–Crippen MR) is 60.4 cm³/mol. The minimum atomic E-state index is -4.65. The molecule has 0 fully saturated rings. The zero-order valence-electron chi connectivity index (χ0n) is 10.5. The fourth-order valence-electron chi connectivity index (χ4n) is 1.53. The maximum atomic E-state index is 12.2. The number of aliphatic hydroxyl groups excluding tert-OH is 1. The monoisotopic (exact) mass is 291 g/mol. The largest absolute Gasteiger partial charge is 0.472 e. The van der Waals surface area contributed by atoms with Gasteiger partial charge in [0.1, 0.15) is 6.26 Å². The van der Waals surface area contributed by atoms with E-state index in [4.69, 9.17) is 14.0 Å². The molecule has 20 heavy (non-hydrogen) atoms. The van der Waals surface area contributed by atoms with Gasteiger partial charge in [0.15, 0.2) is 11.9 Å². The van der Waals surface area contributed by atoms with Crippen LogP contribution in [0.25, 0.3) is 11.5 Å². The van der Waals surface area contributed by atoms with Crippen LogP contribution in [0.5, 0.6) is 0 Å². The van der Waals surface area contributed by atoms with E-state index in [9.17, 15) is 13.2 Å². The molecule has 2 aromatic heterocycles. The first-order valence-electron chi connectivity index (χ1n) is 5.64. The standard InChI is InChI=1S/C11H12F3N3O3/c1-17(4-8(18)11(12,13)14)5-9-15-10(20-16-9)7-2-3-19-6-7/h2-3,6,8,18H,4-5H2,1H3. The van der Waals surface area contributed by atoms with Crippen molar-refractivity contribution in [3.8, 4) is 11.5 Å². The van der Waals surface area contributed by atoms with Crippen LogP contribution in [0.15, 0.2) is 27.5 Å². The van der Waals surface area contributed by atoms with Gasteiger partial charge in [0.25, 0.3) is 5.89 Å². The zero-order chi connectivity index (χ0) is 14.8. The van der Waals surface area contributed by atoms with Crippen molar-refractivity contribution in [3.05, 3.63) is 24.4 Å². The Morgan fingerprint density at radius 1 is 1.45 bits per heavy atom. The Balaban J connectivity index is 1.94. The molecule has 2 rings (SSSR count). The van der Waals surface area contributed by atoms with E-state index in [1.54, 1.807) is 6.07 Å². The molecule has 2 heterocycles. The fourth-order valence-corrected chi connectivity index (χ4v) is 1.53. The summed E-state index contributed by atoms with van der Waals surface area (Å²) in [5.41, 5.74) is 0.585. The van der Waals surface area contributed by atoms with E-state index >= 15 is 0 Å². The number of rotatable bonds is 5.